The van der Waals surface area contributed by atoms with E-state index < -0.39 is 10.8 Å². The molecule has 0 saturated carbocycles. The van der Waals surface area contributed by atoms with Crippen molar-refractivity contribution in [3.8, 4) is 0 Å². The molecule has 0 unspecified atom stereocenters. The number of hydrogen-bond acceptors (Lipinski definition) is 6. The summed E-state index contributed by atoms with van der Waals surface area (Å²) in [5.74, 6) is -0.984. The summed E-state index contributed by atoms with van der Waals surface area (Å²) < 4.78 is 4.74. The van der Waals surface area contributed by atoms with Crippen molar-refractivity contribution in [1.29, 1.82) is 0 Å². The number of carbonyl (C=O) groups excluding carboxylic acids is 1. The summed E-state index contributed by atoms with van der Waals surface area (Å²) in [5, 5.41) is 16.5. The number of hydrogen-bond donors (Lipinski definition) is 1. The number of aromatic nitrogens is 2. The Morgan fingerprint density at radius 3 is 2.84 bits per heavy atom. The third-order valence-electron chi connectivity index (χ3n) is 2.22. The number of amides is 1. The topological polar surface area (TPSA) is 111 Å². The Hall–Kier alpha value is -2.48. The minimum absolute atomic E-state index is 0.0233. The molecule has 8 nitrogen and oxygen atoms in total. The summed E-state index contributed by atoms with van der Waals surface area (Å²) in [7, 11) is 0. The molecule has 0 saturated heterocycles. The molecule has 0 spiro atoms. The van der Waals surface area contributed by atoms with Gasteiger partial charge in [-0.3, -0.25) is 20.2 Å². The maximum absolute atomic E-state index is 11.8. The van der Waals surface area contributed by atoms with Gasteiger partial charge >= 0.3 is 5.69 Å². The number of carbonyl (C=O) groups is 1. The van der Waals surface area contributed by atoms with E-state index in [1.54, 1.807) is 6.92 Å². The van der Waals surface area contributed by atoms with E-state index in [0.29, 0.717) is 5.56 Å². The van der Waals surface area contributed by atoms with Crippen LogP contribution >= 0.6 is 11.6 Å². The van der Waals surface area contributed by atoms with Gasteiger partial charge < -0.3 is 4.52 Å². The van der Waals surface area contributed by atoms with E-state index in [1.165, 1.54) is 12.3 Å². The van der Waals surface area contributed by atoms with Crippen LogP contribution in [0.1, 0.15) is 16.1 Å². The summed E-state index contributed by atoms with van der Waals surface area (Å²) in [4.78, 5) is 25.7. The molecule has 0 aromatic carbocycles. The predicted octanol–water partition coefficient (Wildman–Crippen LogP) is 2.19. The first-order valence-corrected chi connectivity index (χ1v) is 5.40. The molecule has 0 aliphatic carbocycles. The van der Waals surface area contributed by atoms with Crippen molar-refractivity contribution in [2.75, 3.05) is 5.32 Å². The fraction of sp³-hybridized carbons (Fsp3) is 0.100. The fourth-order valence-electron chi connectivity index (χ4n) is 1.34. The Balaban J connectivity index is 2.33. The highest BCUT2D eigenvalue weighted by Gasteiger charge is 2.21. The monoisotopic (exact) mass is 282 g/mol. The average molecular weight is 283 g/mol. The van der Waals surface area contributed by atoms with E-state index in [0.717, 1.165) is 6.07 Å². The maximum atomic E-state index is 11.8. The van der Waals surface area contributed by atoms with Gasteiger partial charge in [0, 0.05) is 11.6 Å². The molecule has 98 valence electrons. The lowest BCUT2D eigenvalue weighted by Gasteiger charge is -2.03. The van der Waals surface area contributed by atoms with Crippen molar-refractivity contribution in [2.24, 2.45) is 0 Å². The first-order valence-electron chi connectivity index (χ1n) is 5.02. The van der Waals surface area contributed by atoms with Gasteiger partial charge in [-0.05, 0) is 13.0 Å². The van der Waals surface area contributed by atoms with Gasteiger partial charge in [-0.15, -0.1) is 0 Å². The normalized spacial score (nSPS) is 10.2. The number of aryl methyl sites for hydroxylation is 1. The highest BCUT2D eigenvalue weighted by atomic mass is 35.5. The van der Waals surface area contributed by atoms with Gasteiger partial charge in [0.25, 0.3) is 5.91 Å². The number of nitrogens with zero attached hydrogens (tertiary/aromatic N) is 3. The minimum Gasteiger partial charge on any atom is -0.351 e. The van der Waals surface area contributed by atoms with E-state index >= 15 is 0 Å². The van der Waals surface area contributed by atoms with Gasteiger partial charge in [0.1, 0.15) is 5.15 Å². The van der Waals surface area contributed by atoms with Crippen LogP contribution in [0.2, 0.25) is 5.15 Å². The molecular formula is C10H7ClN4O4. The lowest BCUT2D eigenvalue weighted by molar-refractivity contribution is -0.384. The second-order valence-electron chi connectivity index (χ2n) is 3.55. The van der Waals surface area contributed by atoms with Gasteiger partial charge in [-0.25, -0.2) is 4.98 Å². The molecule has 0 aliphatic rings. The molecule has 19 heavy (non-hydrogen) atoms. The zero-order valence-corrected chi connectivity index (χ0v) is 10.3. The van der Waals surface area contributed by atoms with Crippen molar-refractivity contribution in [3.05, 3.63) is 44.9 Å². The fourth-order valence-corrected chi connectivity index (χ4v) is 1.49. The van der Waals surface area contributed by atoms with Gasteiger partial charge in [0.15, 0.2) is 0 Å². The third-order valence-corrected chi connectivity index (χ3v) is 2.43. The van der Waals surface area contributed by atoms with Gasteiger partial charge in [0.2, 0.25) is 11.6 Å². The number of halogens is 1. The SMILES string of the molecule is Cc1cnoc1C(=O)Nc1nc(Cl)ccc1[N+](=O)[O-]. The zero-order chi connectivity index (χ0) is 14.0. The summed E-state index contributed by atoms with van der Waals surface area (Å²) >= 11 is 5.64. The molecule has 0 aliphatic heterocycles. The molecule has 1 N–H and O–H groups in total. The quantitative estimate of drug-likeness (QED) is 0.525. The van der Waals surface area contributed by atoms with Crippen molar-refractivity contribution in [3.63, 3.8) is 0 Å². The summed E-state index contributed by atoms with van der Waals surface area (Å²) in [5.41, 5.74) is 0.136. The van der Waals surface area contributed by atoms with E-state index in [1.807, 2.05) is 0 Å². The van der Waals surface area contributed by atoms with Gasteiger partial charge in [-0.1, -0.05) is 16.8 Å². The standard InChI is InChI=1S/C10H7ClN4O4/c1-5-4-12-19-8(5)10(16)14-9-6(15(17)18)2-3-7(11)13-9/h2-4H,1H3,(H,13,14,16). The molecule has 0 atom stereocenters. The molecule has 0 fully saturated rings. The number of nitro groups is 1. The first kappa shape index (κ1) is 13.0. The zero-order valence-electron chi connectivity index (χ0n) is 9.58. The van der Waals surface area contributed by atoms with Crippen molar-refractivity contribution in [2.45, 2.75) is 6.92 Å². The molecule has 2 aromatic rings. The van der Waals surface area contributed by atoms with Crippen LogP contribution in [-0.2, 0) is 0 Å². The van der Waals surface area contributed by atoms with E-state index in [4.69, 9.17) is 16.1 Å². The summed E-state index contributed by atoms with van der Waals surface area (Å²) in [6.45, 7) is 1.62. The molecule has 0 radical (unpaired) electrons. The van der Waals surface area contributed by atoms with Crippen LogP contribution in [0.4, 0.5) is 11.5 Å². The second-order valence-corrected chi connectivity index (χ2v) is 3.94. The van der Waals surface area contributed by atoms with Crippen LogP contribution in [0, 0.1) is 17.0 Å². The Labute approximate surface area is 111 Å². The van der Waals surface area contributed by atoms with Gasteiger partial charge in [0.05, 0.1) is 11.1 Å². The molecule has 2 aromatic heterocycles. The van der Waals surface area contributed by atoms with Crippen LogP contribution in [0.25, 0.3) is 0 Å². The number of rotatable bonds is 3. The molecule has 0 bridgehead atoms. The second kappa shape index (κ2) is 5.02. The molecule has 2 rings (SSSR count). The largest absolute Gasteiger partial charge is 0.351 e. The van der Waals surface area contributed by atoms with E-state index in [9.17, 15) is 14.9 Å². The lowest BCUT2D eigenvalue weighted by Crippen LogP contribution is -2.14. The van der Waals surface area contributed by atoms with Crippen LogP contribution in [0.3, 0.4) is 0 Å². The van der Waals surface area contributed by atoms with Crippen molar-refractivity contribution in [1.82, 2.24) is 10.1 Å². The number of pyridine rings is 1. The number of nitrogens with one attached hydrogen (secondary N) is 1. The average Bonchev–Trinajstić information content (AvgIpc) is 2.75. The smallest absolute Gasteiger partial charge is 0.311 e. The maximum Gasteiger partial charge on any atom is 0.311 e. The first-order chi connectivity index (χ1) is 8.99. The Morgan fingerprint density at radius 1 is 1.53 bits per heavy atom. The van der Waals surface area contributed by atoms with E-state index in [-0.39, 0.29) is 22.4 Å². The lowest BCUT2D eigenvalue weighted by atomic mass is 10.3. The Morgan fingerprint density at radius 2 is 2.26 bits per heavy atom. The van der Waals surface area contributed by atoms with Crippen LogP contribution in [-0.4, -0.2) is 21.0 Å². The highest BCUT2D eigenvalue weighted by molar-refractivity contribution is 6.29. The highest BCUT2D eigenvalue weighted by Crippen LogP contribution is 2.24. The van der Waals surface area contributed by atoms with E-state index in [2.05, 4.69) is 15.5 Å². The number of anilines is 1. The third kappa shape index (κ3) is 2.68. The Kier molecular flexibility index (Phi) is 3.43. The van der Waals surface area contributed by atoms with Crippen molar-refractivity contribution < 1.29 is 14.2 Å². The van der Waals surface area contributed by atoms with Crippen LogP contribution < -0.4 is 5.32 Å². The molecular weight excluding hydrogens is 276 g/mol. The predicted molar refractivity (Wildman–Crippen MR) is 65.1 cm³/mol. The minimum atomic E-state index is -0.687. The molecule has 9 heteroatoms. The van der Waals surface area contributed by atoms with Crippen molar-refractivity contribution >= 4 is 29.0 Å². The summed E-state index contributed by atoms with van der Waals surface area (Å²) in [6, 6.07) is 2.41. The van der Waals surface area contributed by atoms with Crippen LogP contribution in [0.15, 0.2) is 22.9 Å². The Bertz CT molecular complexity index is 655. The summed E-state index contributed by atoms with van der Waals surface area (Å²) in [6.07, 6.45) is 1.36. The molecule has 1 amide bonds. The van der Waals surface area contributed by atoms with Crippen LogP contribution in [0.5, 0.6) is 0 Å². The molecule has 2 heterocycles. The van der Waals surface area contributed by atoms with Gasteiger partial charge in [-0.2, -0.15) is 0 Å².